The number of nitrogens with one attached hydrogen (secondary N) is 1. The molecule has 0 radical (unpaired) electrons. The van der Waals surface area contributed by atoms with E-state index in [1.807, 2.05) is 0 Å². The normalized spacial score (nSPS) is 10.7. The van der Waals surface area contributed by atoms with Crippen molar-refractivity contribution < 1.29 is 23.5 Å². The van der Waals surface area contributed by atoms with Gasteiger partial charge in [-0.15, -0.1) is 0 Å². The van der Waals surface area contributed by atoms with E-state index >= 15 is 0 Å². The number of carbonyl (C=O) groups is 2. The number of halogens is 2. The van der Waals surface area contributed by atoms with Gasteiger partial charge in [-0.25, -0.2) is 19.0 Å². The molecule has 2 N–H and O–H groups in total. The fourth-order valence-electron chi connectivity index (χ4n) is 1.95. The number of hydrazone groups is 1. The third-order valence-electron chi connectivity index (χ3n) is 3.33. The minimum Gasteiger partial charge on any atom is -0.478 e. The predicted molar refractivity (Wildman–Crippen MR) is 89.1 cm³/mol. The van der Waals surface area contributed by atoms with E-state index in [4.69, 9.17) is 5.11 Å². The minimum atomic E-state index is -1.26. The van der Waals surface area contributed by atoms with Gasteiger partial charge in [0.25, 0.3) is 5.91 Å². The van der Waals surface area contributed by atoms with Gasteiger partial charge in [0.05, 0.1) is 17.3 Å². The van der Waals surface area contributed by atoms with Crippen LogP contribution >= 0.6 is 0 Å². The quantitative estimate of drug-likeness (QED) is 0.643. The van der Waals surface area contributed by atoms with Crippen molar-refractivity contribution in [2.45, 2.75) is 0 Å². The van der Waals surface area contributed by atoms with E-state index < -0.39 is 23.5 Å². The highest BCUT2D eigenvalue weighted by Crippen LogP contribution is 2.16. The number of carboxylic acid groups (broad SMARTS) is 1. The fraction of sp³-hybridized carbons (Fsp3) is 0.118. The maximum absolute atomic E-state index is 13.9. The minimum absolute atomic E-state index is 0.0197. The Bertz CT molecular complexity index is 851. The Balaban J connectivity index is 2.09. The van der Waals surface area contributed by atoms with Crippen LogP contribution in [0.4, 0.5) is 14.5 Å². The Hall–Kier alpha value is -3.29. The van der Waals surface area contributed by atoms with Crippen LogP contribution in [0.5, 0.6) is 0 Å². The lowest BCUT2D eigenvalue weighted by Gasteiger charge is -2.13. The smallest absolute Gasteiger partial charge is 0.335 e. The molecule has 2 rings (SSSR count). The zero-order valence-electron chi connectivity index (χ0n) is 13.5. The zero-order valence-corrected chi connectivity index (χ0v) is 13.5. The van der Waals surface area contributed by atoms with Crippen LogP contribution in [0.15, 0.2) is 41.5 Å². The summed E-state index contributed by atoms with van der Waals surface area (Å²) in [6, 6.07) is 7.35. The number of carbonyl (C=O) groups excluding carboxylic acids is 1. The van der Waals surface area contributed by atoms with Crippen LogP contribution in [-0.4, -0.2) is 37.3 Å². The molecule has 0 spiro atoms. The van der Waals surface area contributed by atoms with Crippen molar-refractivity contribution >= 4 is 23.8 Å². The number of benzene rings is 2. The predicted octanol–water partition coefficient (Wildman–Crippen LogP) is 2.49. The SMILES string of the molecule is CN(C)c1ccc(C(=O)N/N=C/c2ccc(C(=O)O)cc2F)c(F)c1. The van der Waals surface area contributed by atoms with E-state index in [0.29, 0.717) is 5.69 Å². The van der Waals surface area contributed by atoms with Crippen molar-refractivity contribution in [3.63, 3.8) is 0 Å². The lowest BCUT2D eigenvalue weighted by molar-refractivity contribution is 0.0696. The molecule has 0 saturated carbocycles. The Kier molecular flexibility index (Phi) is 5.43. The third-order valence-corrected chi connectivity index (χ3v) is 3.33. The Morgan fingerprint density at radius 1 is 1.12 bits per heavy atom. The van der Waals surface area contributed by atoms with Crippen LogP contribution < -0.4 is 10.3 Å². The van der Waals surface area contributed by atoms with Gasteiger partial charge in [0.15, 0.2) is 0 Å². The molecule has 8 heteroatoms. The number of amides is 1. The topological polar surface area (TPSA) is 82.0 Å². The summed E-state index contributed by atoms with van der Waals surface area (Å²) in [5.74, 6) is -3.57. The molecule has 2 aromatic rings. The van der Waals surface area contributed by atoms with E-state index in [0.717, 1.165) is 12.3 Å². The van der Waals surface area contributed by atoms with E-state index in [2.05, 4.69) is 10.5 Å². The highest BCUT2D eigenvalue weighted by molar-refractivity contribution is 5.95. The van der Waals surface area contributed by atoms with Gasteiger partial charge in [-0.1, -0.05) is 0 Å². The van der Waals surface area contributed by atoms with Gasteiger partial charge in [0, 0.05) is 25.3 Å². The monoisotopic (exact) mass is 347 g/mol. The van der Waals surface area contributed by atoms with Crippen LogP contribution in [0.3, 0.4) is 0 Å². The maximum Gasteiger partial charge on any atom is 0.335 e. The van der Waals surface area contributed by atoms with Crippen molar-refractivity contribution in [2.75, 3.05) is 19.0 Å². The molecule has 0 heterocycles. The van der Waals surface area contributed by atoms with Crippen molar-refractivity contribution in [1.29, 1.82) is 0 Å². The molecular formula is C17H15F2N3O3. The van der Waals surface area contributed by atoms with Crippen molar-refractivity contribution in [3.8, 4) is 0 Å². The summed E-state index contributed by atoms with van der Waals surface area (Å²) >= 11 is 0. The molecule has 130 valence electrons. The molecule has 0 bridgehead atoms. The number of anilines is 1. The first-order valence-corrected chi connectivity index (χ1v) is 7.12. The van der Waals surface area contributed by atoms with Gasteiger partial charge in [-0.3, -0.25) is 4.79 Å². The van der Waals surface area contributed by atoms with Gasteiger partial charge in [0.2, 0.25) is 0 Å². The first-order valence-electron chi connectivity index (χ1n) is 7.12. The number of carboxylic acids is 1. The maximum atomic E-state index is 13.9. The van der Waals surface area contributed by atoms with E-state index in [9.17, 15) is 18.4 Å². The fourth-order valence-corrected chi connectivity index (χ4v) is 1.95. The molecule has 0 aliphatic rings. The first-order chi connectivity index (χ1) is 11.8. The molecule has 0 unspecified atom stereocenters. The Morgan fingerprint density at radius 3 is 2.40 bits per heavy atom. The molecule has 6 nitrogen and oxygen atoms in total. The first kappa shape index (κ1) is 18.1. The lowest BCUT2D eigenvalue weighted by atomic mass is 10.1. The van der Waals surface area contributed by atoms with Crippen LogP contribution in [0.1, 0.15) is 26.3 Å². The van der Waals surface area contributed by atoms with E-state index in [1.54, 1.807) is 25.1 Å². The molecule has 2 aromatic carbocycles. The molecule has 0 aliphatic carbocycles. The molecule has 0 atom stereocenters. The van der Waals surface area contributed by atoms with Crippen LogP contribution in [0, 0.1) is 11.6 Å². The number of aromatic carboxylic acids is 1. The standard InChI is InChI=1S/C17H15F2N3O3/c1-22(2)12-5-6-13(15(19)8-12)16(23)21-20-9-11-4-3-10(17(24)25)7-14(11)18/h3-9H,1-2H3,(H,21,23)(H,24,25)/b20-9+. The summed E-state index contributed by atoms with van der Waals surface area (Å²) in [6.45, 7) is 0. The van der Waals surface area contributed by atoms with Crippen molar-refractivity contribution in [2.24, 2.45) is 5.10 Å². The van der Waals surface area contributed by atoms with Gasteiger partial charge < -0.3 is 10.0 Å². The van der Waals surface area contributed by atoms with E-state index in [1.165, 1.54) is 24.3 Å². The number of hydrogen-bond acceptors (Lipinski definition) is 4. The van der Waals surface area contributed by atoms with Gasteiger partial charge in [0.1, 0.15) is 11.6 Å². The summed E-state index contributed by atoms with van der Waals surface area (Å²) in [7, 11) is 3.48. The second-order valence-corrected chi connectivity index (χ2v) is 5.30. The molecule has 1 amide bonds. The number of rotatable bonds is 5. The Morgan fingerprint density at radius 2 is 1.84 bits per heavy atom. The zero-order chi connectivity index (χ0) is 18.6. The lowest BCUT2D eigenvalue weighted by Crippen LogP contribution is -2.19. The second-order valence-electron chi connectivity index (χ2n) is 5.30. The van der Waals surface area contributed by atoms with Gasteiger partial charge >= 0.3 is 5.97 Å². The summed E-state index contributed by atoms with van der Waals surface area (Å²) in [5, 5.41) is 12.3. The molecule has 0 aromatic heterocycles. The average Bonchev–Trinajstić information content (AvgIpc) is 2.55. The van der Waals surface area contributed by atoms with Crippen LogP contribution in [0.2, 0.25) is 0 Å². The molecule has 0 aliphatic heterocycles. The highest BCUT2D eigenvalue weighted by atomic mass is 19.1. The summed E-state index contributed by atoms with van der Waals surface area (Å²) in [6.07, 6.45) is 1.00. The van der Waals surface area contributed by atoms with Crippen molar-refractivity contribution in [1.82, 2.24) is 5.43 Å². The number of nitrogens with zero attached hydrogens (tertiary/aromatic N) is 2. The number of hydrogen-bond donors (Lipinski definition) is 2. The van der Waals surface area contributed by atoms with E-state index in [-0.39, 0.29) is 16.7 Å². The van der Waals surface area contributed by atoms with Crippen LogP contribution in [-0.2, 0) is 0 Å². The highest BCUT2D eigenvalue weighted by Gasteiger charge is 2.12. The van der Waals surface area contributed by atoms with Gasteiger partial charge in [-0.2, -0.15) is 5.10 Å². The largest absolute Gasteiger partial charge is 0.478 e. The third kappa shape index (κ3) is 4.37. The molecule has 25 heavy (non-hydrogen) atoms. The van der Waals surface area contributed by atoms with Crippen LogP contribution in [0.25, 0.3) is 0 Å². The Labute approximate surface area is 142 Å². The van der Waals surface area contributed by atoms with Crippen molar-refractivity contribution in [3.05, 3.63) is 64.7 Å². The molecular weight excluding hydrogens is 332 g/mol. The average molecular weight is 347 g/mol. The van der Waals surface area contributed by atoms with Gasteiger partial charge in [-0.05, 0) is 36.4 Å². The molecule has 0 saturated heterocycles. The summed E-state index contributed by atoms with van der Waals surface area (Å²) < 4.78 is 27.7. The summed E-state index contributed by atoms with van der Waals surface area (Å²) in [5.41, 5.74) is 2.26. The molecule has 0 fully saturated rings. The second kappa shape index (κ2) is 7.52. The summed E-state index contributed by atoms with van der Waals surface area (Å²) in [4.78, 5) is 24.3.